The van der Waals surface area contributed by atoms with Crippen LogP contribution in [0.15, 0.2) is 18.3 Å². The number of pyridine rings is 1. The number of hydrogen-bond acceptors (Lipinski definition) is 3. The van der Waals surface area contributed by atoms with Gasteiger partial charge in [-0.3, -0.25) is 9.78 Å². The third-order valence-corrected chi connectivity index (χ3v) is 1.75. The molecule has 86 valence electrons. The molecule has 6 nitrogen and oxygen atoms in total. The Balaban J connectivity index is 2.57. The molecule has 0 radical (unpaired) electrons. The quantitative estimate of drug-likeness (QED) is 0.705. The standard InChI is InChI=1S/C10H13N3O3/c1-2-11-10(16)13-8-4-3-7(12-6-8)5-9(14)15/h3-4,6H,2,5H2,1H3,(H,14,15)(H2,11,13,16). The van der Waals surface area contributed by atoms with Crippen molar-refractivity contribution in [3.63, 3.8) is 0 Å². The number of anilines is 1. The molecule has 0 aliphatic rings. The number of carbonyl (C=O) groups is 2. The van der Waals surface area contributed by atoms with Gasteiger partial charge in [-0.25, -0.2) is 4.79 Å². The van der Waals surface area contributed by atoms with Crippen molar-refractivity contribution in [2.24, 2.45) is 0 Å². The van der Waals surface area contributed by atoms with E-state index in [1.54, 1.807) is 12.1 Å². The van der Waals surface area contributed by atoms with Gasteiger partial charge in [0.15, 0.2) is 0 Å². The predicted molar refractivity (Wildman–Crippen MR) is 58.3 cm³/mol. The molecule has 3 N–H and O–H groups in total. The SMILES string of the molecule is CCNC(=O)Nc1ccc(CC(=O)O)nc1. The number of hydrogen-bond donors (Lipinski definition) is 3. The monoisotopic (exact) mass is 223 g/mol. The van der Waals surface area contributed by atoms with Gasteiger partial charge in [-0.05, 0) is 19.1 Å². The van der Waals surface area contributed by atoms with Crippen molar-refractivity contribution in [2.45, 2.75) is 13.3 Å². The molecule has 0 saturated carbocycles. The maximum absolute atomic E-state index is 11.1. The summed E-state index contributed by atoms with van der Waals surface area (Å²) in [6, 6.07) is 2.87. The van der Waals surface area contributed by atoms with Crippen molar-refractivity contribution in [3.8, 4) is 0 Å². The second kappa shape index (κ2) is 5.69. The van der Waals surface area contributed by atoms with Crippen LogP contribution in [-0.2, 0) is 11.2 Å². The number of carboxylic acid groups (broad SMARTS) is 1. The summed E-state index contributed by atoms with van der Waals surface area (Å²) in [6.45, 7) is 2.35. The zero-order chi connectivity index (χ0) is 12.0. The summed E-state index contributed by atoms with van der Waals surface area (Å²) in [5.74, 6) is -0.933. The smallest absolute Gasteiger partial charge is 0.319 e. The number of amides is 2. The molecule has 1 aromatic rings. The fraction of sp³-hybridized carbons (Fsp3) is 0.300. The van der Waals surface area contributed by atoms with E-state index >= 15 is 0 Å². The van der Waals surface area contributed by atoms with Gasteiger partial charge in [0.2, 0.25) is 0 Å². The fourth-order valence-electron chi connectivity index (χ4n) is 1.09. The molecule has 0 saturated heterocycles. The predicted octanol–water partition coefficient (Wildman–Crippen LogP) is 0.850. The van der Waals surface area contributed by atoms with E-state index in [0.29, 0.717) is 17.9 Å². The summed E-state index contributed by atoms with van der Waals surface area (Å²) in [5, 5.41) is 13.7. The Labute approximate surface area is 92.7 Å². The highest BCUT2D eigenvalue weighted by Gasteiger charge is 2.03. The Hall–Kier alpha value is -2.11. The molecule has 0 spiro atoms. The molecule has 16 heavy (non-hydrogen) atoms. The number of nitrogens with one attached hydrogen (secondary N) is 2. The van der Waals surface area contributed by atoms with Gasteiger partial charge >= 0.3 is 12.0 Å². The van der Waals surface area contributed by atoms with Gasteiger partial charge in [0.25, 0.3) is 0 Å². The van der Waals surface area contributed by atoms with E-state index in [2.05, 4.69) is 15.6 Å². The van der Waals surface area contributed by atoms with Crippen molar-refractivity contribution < 1.29 is 14.7 Å². The number of carboxylic acids is 1. The molecular weight excluding hydrogens is 210 g/mol. The van der Waals surface area contributed by atoms with E-state index in [0.717, 1.165) is 0 Å². The van der Waals surface area contributed by atoms with E-state index in [1.807, 2.05) is 6.92 Å². The maximum Gasteiger partial charge on any atom is 0.319 e. The number of aromatic nitrogens is 1. The Bertz CT molecular complexity index is 375. The van der Waals surface area contributed by atoms with Crippen LogP contribution in [0.2, 0.25) is 0 Å². The Morgan fingerprint density at radius 1 is 1.44 bits per heavy atom. The molecule has 0 unspecified atom stereocenters. The second-order valence-electron chi connectivity index (χ2n) is 3.09. The van der Waals surface area contributed by atoms with E-state index < -0.39 is 5.97 Å². The van der Waals surface area contributed by atoms with Crippen molar-refractivity contribution in [1.29, 1.82) is 0 Å². The molecule has 0 aliphatic heterocycles. The molecule has 1 rings (SSSR count). The van der Waals surface area contributed by atoms with Crippen LogP contribution in [0.4, 0.5) is 10.5 Å². The zero-order valence-corrected chi connectivity index (χ0v) is 8.86. The molecule has 0 aliphatic carbocycles. The van der Waals surface area contributed by atoms with Gasteiger partial charge in [0.05, 0.1) is 24.0 Å². The highest BCUT2D eigenvalue weighted by molar-refractivity contribution is 5.88. The highest BCUT2D eigenvalue weighted by atomic mass is 16.4. The Morgan fingerprint density at radius 2 is 2.19 bits per heavy atom. The fourth-order valence-corrected chi connectivity index (χ4v) is 1.09. The number of nitrogens with zero attached hydrogens (tertiary/aromatic N) is 1. The second-order valence-corrected chi connectivity index (χ2v) is 3.09. The summed E-state index contributed by atoms with van der Waals surface area (Å²) >= 11 is 0. The van der Waals surface area contributed by atoms with Crippen LogP contribution in [0, 0.1) is 0 Å². The van der Waals surface area contributed by atoms with Gasteiger partial charge in [0.1, 0.15) is 0 Å². The van der Waals surface area contributed by atoms with Crippen LogP contribution in [0.5, 0.6) is 0 Å². The van der Waals surface area contributed by atoms with Crippen LogP contribution in [0.25, 0.3) is 0 Å². The third-order valence-electron chi connectivity index (χ3n) is 1.75. The van der Waals surface area contributed by atoms with Crippen LogP contribution in [0.1, 0.15) is 12.6 Å². The van der Waals surface area contributed by atoms with Gasteiger partial charge in [-0.15, -0.1) is 0 Å². The first kappa shape index (κ1) is 12.0. The lowest BCUT2D eigenvalue weighted by molar-refractivity contribution is -0.136. The maximum atomic E-state index is 11.1. The lowest BCUT2D eigenvalue weighted by Gasteiger charge is -2.05. The van der Waals surface area contributed by atoms with Gasteiger partial charge in [-0.1, -0.05) is 0 Å². The van der Waals surface area contributed by atoms with E-state index in [4.69, 9.17) is 5.11 Å². The summed E-state index contributed by atoms with van der Waals surface area (Å²) in [4.78, 5) is 25.4. The summed E-state index contributed by atoms with van der Waals surface area (Å²) in [6.07, 6.45) is 1.30. The topological polar surface area (TPSA) is 91.3 Å². The van der Waals surface area contributed by atoms with E-state index in [-0.39, 0.29) is 12.5 Å². The molecule has 0 bridgehead atoms. The molecule has 0 fully saturated rings. The van der Waals surface area contributed by atoms with Crippen molar-refractivity contribution in [2.75, 3.05) is 11.9 Å². The van der Waals surface area contributed by atoms with E-state index in [1.165, 1.54) is 6.20 Å². The number of rotatable bonds is 4. The van der Waals surface area contributed by atoms with Gasteiger partial charge in [0, 0.05) is 6.54 Å². The molecule has 2 amide bonds. The highest BCUT2D eigenvalue weighted by Crippen LogP contribution is 2.06. The summed E-state index contributed by atoms with van der Waals surface area (Å²) < 4.78 is 0. The zero-order valence-electron chi connectivity index (χ0n) is 8.86. The van der Waals surface area contributed by atoms with Gasteiger partial charge < -0.3 is 15.7 Å². The minimum absolute atomic E-state index is 0.124. The molecule has 0 atom stereocenters. The minimum Gasteiger partial charge on any atom is -0.481 e. The van der Waals surface area contributed by atoms with Crippen molar-refractivity contribution in [1.82, 2.24) is 10.3 Å². The van der Waals surface area contributed by atoms with Gasteiger partial charge in [-0.2, -0.15) is 0 Å². The number of aliphatic carboxylic acids is 1. The first-order valence-electron chi connectivity index (χ1n) is 4.83. The van der Waals surface area contributed by atoms with Crippen molar-refractivity contribution in [3.05, 3.63) is 24.0 Å². The largest absolute Gasteiger partial charge is 0.481 e. The van der Waals surface area contributed by atoms with Crippen LogP contribution in [-0.4, -0.2) is 28.6 Å². The molecule has 0 aromatic carbocycles. The summed E-state index contributed by atoms with van der Waals surface area (Å²) in [7, 11) is 0. The Kier molecular flexibility index (Phi) is 4.26. The molecule has 6 heteroatoms. The lowest BCUT2D eigenvalue weighted by Crippen LogP contribution is -2.28. The minimum atomic E-state index is -0.933. The Morgan fingerprint density at radius 3 is 2.69 bits per heavy atom. The lowest BCUT2D eigenvalue weighted by atomic mass is 10.2. The first-order chi connectivity index (χ1) is 7.61. The van der Waals surface area contributed by atoms with E-state index in [9.17, 15) is 9.59 Å². The average Bonchev–Trinajstić information content (AvgIpc) is 2.20. The van der Waals surface area contributed by atoms with Crippen LogP contribution in [0.3, 0.4) is 0 Å². The third kappa shape index (κ3) is 3.95. The average molecular weight is 223 g/mol. The molecule has 1 aromatic heterocycles. The molecule has 1 heterocycles. The van der Waals surface area contributed by atoms with Crippen LogP contribution < -0.4 is 10.6 Å². The number of carbonyl (C=O) groups excluding carboxylic acids is 1. The molecular formula is C10H13N3O3. The van der Waals surface area contributed by atoms with Crippen molar-refractivity contribution >= 4 is 17.7 Å². The van der Waals surface area contributed by atoms with Crippen LogP contribution >= 0.6 is 0 Å². The normalized spacial score (nSPS) is 9.56. The number of urea groups is 1. The first-order valence-corrected chi connectivity index (χ1v) is 4.83. The summed E-state index contributed by atoms with van der Waals surface area (Å²) in [5.41, 5.74) is 0.981.